The van der Waals surface area contributed by atoms with Crippen molar-refractivity contribution in [3.05, 3.63) is 23.8 Å². The summed E-state index contributed by atoms with van der Waals surface area (Å²) >= 11 is 0. The highest BCUT2D eigenvalue weighted by atomic mass is 16.5. The van der Waals surface area contributed by atoms with E-state index in [1.165, 1.54) is 25.7 Å². The average Bonchev–Trinajstić information content (AvgIpc) is 2.66. The molecule has 6 nitrogen and oxygen atoms in total. The summed E-state index contributed by atoms with van der Waals surface area (Å²) in [6.45, 7) is 1.67. The van der Waals surface area contributed by atoms with Gasteiger partial charge in [-0.2, -0.15) is 0 Å². The molecule has 2 atom stereocenters. The number of amides is 3. The van der Waals surface area contributed by atoms with Crippen LogP contribution < -0.4 is 15.4 Å². The number of hydrogen-bond acceptors (Lipinski definition) is 3. The number of likely N-dealkylation sites (tertiary alicyclic amines) is 1. The number of ether oxygens (including phenoxy) is 1. The molecule has 0 radical (unpaired) electrons. The quantitative estimate of drug-likeness (QED) is 0.884. The Bertz CT molecular complexity index is 647. The van der Waals surface area contributed by atoms with Crippen LogP contribution in [0.25, 0.3) is 0 Å². The molecule has 1 aromatic carbocycles. The van der Waals surface area contributed by atoms with E-state index in [0.717, 1.165) is 25.4 Å². The van der Waals surface area contributed by atoms with Crippen LogP contribution in [-0.4, -0.2) is 44.1 Å². The third-order valence-electron chi connectivity index (χ3n) is 5.50. The fraction of sp³-hybridized carbons (Fsp3) is 0.579. The predicted molar refractivity (Wildman–Crippen MR) is 97.0 cm³/mol. The zero-order valence-corrected chi connectivity index (χ0v) is 15.0. The molecule has 0 aromatic heterocycles. The van der Waals surface area contributed by atoms with Crippen molar-refractivity contribution in [2.75, 3.05) is 32.6 Å². The van der Waals surface area contributed by atoms with E-state index in [9.17, 15) is 9.59 Å². The molecule has 25 heavy (non-hydrogen) atoms. The van der Waals surface area contributed by atoms with E-state index in [4.69, 9.17) is 4.74 Å². The van der Waals surface area contributed by atoms with Crippen molar-refractivity contribution in [1.82, 2.24) is 10.2 Å². The molecule has 1 saturated carbocycles. The van der Waals surface area contributed by atoms with Crippen LogP contribution in [0, 0.1) is 11.8 Å². The number of hydrogen-bond donors (Lipinski definition) is 2. The van der Waals surface area contributed by atoms with Crippen LogP contribution >= 0.6 is 0 Å². The molecule has 1 aliphatic carbocycles. The molecule has 1 saturated heterocycles. The molecular weight excluding hydrogens is 318 g/mol. The maximum absolute atomic E-state index is 13.0. The van der Waals surface area contributed by atoms with Crippen LogP contribution in [0.2, 0.25) is 0 Å². The van der Waals surface area contributed by atoms with Crippen molar-refractivity contribution >= 4 is 17.6 Å². The number of carbonyl (C=O) groups is 2. The Morgan fingerprint density at radius 3 is 2.64 bits per heavy atom. The lowest BCUT2D eigenvalue weighted by molar-refractivity contribution is 0.0518. The molecule has 3 rings (SSSR count). The summed E-state index contributed by atoms with van der Waals surface area (Å²) in [6, 6.07) is 4.86. The third-order valence-corrected chi connectivity index (χ3v) is 5.50. The highest BCUT2D eigenvalue weighted by molar-refractivity contribution is 5.98. The molecule has 2 N–H and O–H groups in total. The molecule has 0 unspecified atom stereocenters. The van der Waals surface area contributed by atoms with Crippen LogP contribution in [0.5, 0.6) is 5.75 Å². The van der Waals surface area contributed by atoms with Crippen molar-refractivity contribution in [1.29, 1.82) is 0 Å². The Labute approximate surface area is 148 Å². The van der Waals surface area contributed by atoms with E-state index >= 15 is 0 Å². The van der Waals surface area contributed by atoms with Crippen LogP contribution in [-0.2, 0) is 0 Å². The fourth-order valence-electron chi connectivity index (χ4n) is 4.09. The minimum absolute atomic E-state index is 0.0207. The largest absolute Gasteiger partial charge is 0.496 e. The number of fused-ring (bicyclic) bond motifs is 1. The van der Waals surface area contributed by atoms with Crippen LogP contribution in [0.1, 0.15) is 42.5 Å². The van der Waals surface area contributed by atoms with Gasteiger partial charge in [0.15, 0.2) is 0 Å². The second-order valence-electron chi connectivity index (χ2n) is 6.96. The molecule has 6 heteroatoms. The first-order valence-electron chi connectivity index (χ1n) is 9.08. The van der Waals surface area contributed by atoms with Gasteiger partial charge in [0.2, 0.25) is 0 Å². The first-order valence-corrected chi connectivity index (χ1v) is 9.08. The standard InChI is InChI=1S/C19H27N3O3/c1-20-19(24)21-15-7-8-16(17(11-15)25-2)18(23)22-10-9-13-5-3-4-6-14(13)12-22/h7-8,11,13-14H,3-6,9-10,12H2,1-2H3,(H2,20,21,24)/t13-,14+/m1/s1. The highest BCUT2D eigenvalue weighted by Gasteiger charge is 2.33. The van der Waals surface area contributed by atoms with Crippen molar-refractivity contribution in [2.45, 2.75) is 32.1 Å². The maximum atomic E-state index is 13.0. The molecule has 2 aliphatic rings. The Hall–Kier alpha value is -2.24. The van der Waals surface area contributed by atoms with Gasteiger partial charge in [0, 0.05) is 31.9 Å². The monoisotopic (exact) mass is 345 g/mol. The number of nitrogens with zero attached hydrogens (tertiary/aromatic N) is 1. The number of urea groups is 1. The lowest BCUT2D eigenvalue weighted by Gasteiger charge is -2.41. The lowest BCUT2D eigenvalue weighted by atomic mass is 9.75. The molecule has 1 aromatic rings. The summed E-state index contributed by atoms with van der Waals surface area (Å²) in [5.41, 5.74) is 1.15. The van der Waals surface area contributed by atoms with Gasteiger partial charge in [-0.15, -0.1) is 0 Å². The van der Waals surface area contributed by atoms with E-state index in [0.29, 0.717) is 22.9 Å². The summed E-state index contributed by atoms with van der Waals surface area (Å²) < 4.78 is 5.40. The number of anilines is 1. The van der Waals surface area contributed by atoms with Crippen LogP contribution in [0.4, 0.5) is 10.5 Å². The Balaban J connectivity index is 1.74. The maximum Gasteiger partial charge on any atom is 0.318 e. The smallest absolute Gasteiger partial charge is 0.318 e. The van der Waals surface area contributed by atoms with Crippen LogP contribution in [0.15, 0.2) is 18.2 Å². The van der Waals surface area contributed by atoms with E-state index < -0.39 is 0 Å². The van der Waals surface area contributed by atoms with Gasteiger partial charge in [-0.25, -0.2) is 4.79 Å². The predicted octanol–water partition coefficient (Wildman–Crippen LogP) is 3.10. The Morgan fingerprint density at radius 2 is 1.92 bits per heavy atom. The van der Waals surface area contributed by atoms with Gasteiger partial charge in [0.25, 0.3) is 5.91 Å². The van der Waals surface area contributed by atoms with Crippen LogP contribution in [0.3, 0.4) is 0 Å². The summed E-state index contributed by atoms with van der Waals surface area (Å²) in [4.78, 5) is 26.4. The average molecular weight is 345 g/mol. The molecule has 0 bridgehead atoms. The fourth-order valence-corrected chi connectivity index (χ4v) is 4.09. The topological polar surface area (TPSA) is 70.7 Å². The molecule has 0 spiro atoms. The highest BCUT2D eigenvalue weighted by Crippen LogP contribution is 2.37. The van der Waals surface area contributed by atoms with Gasteiger partial charge in [-0.05, 0) is 36.8 Å². The minimum atomic E-state index is -0.305. The number of rotatable bonds is 3. The Kier molecular flexibility index (Phi) is 5.46. The van der Waals surface area contributed by atoms with Crippen molar-refractivity contribution < 1.29 is 14.3 Å². The van der Waals surface area contributed by atoms with Gasteiger partial charge in [0.1, 0.15) is 5.75 Å². The summed E-state index contributed by atoms with van der Waals surface area (Å²) in [5, 5.41) is 5.19. The van der Waals surface area contributed by atoms with Crippen molar-refractivity contribution in [3.8, 4) is 5.75 Å². The number of piperidine rings is 1. The number of benzene rings is 1. The molecular formula is C19H27N3O3. The number of carbonyl (C=O) groups excluding carboxylic acids is 2. The molecule has 1 heterocycles. The SMILES string of the molecule is CNC(=O)Nc1ccc(C(=O)N2CC[C@H]3CCCC[C@H]3C2)c(OC)c1. The van der Waals surface area contributed by atoms with Gasteiger partial charge in [0.05, 0.1) is 12.7 Å². The molecule has 2 fully saturated rings. The molecule has 1 aliphatic heterocycles. The van der Waals surface area contributed by atoms with Gasteiger partial charge >= 0.3 is 6.03 Å². The third kappa shape index (κ3) is 3.89. The zero-order valence-electron chi connectivity index (χ0n) is 15.0. The Morgan fingerprint density at radius 1 is 1.16 bits per heavy atom. The van der Waals surface area contributed by atoms with Gasteiger partial charge in [-0.3, -0.25) is 4.79 Å². The number of methoxy groups -OCH3 is 1. The van der Waals surface area contributed by atoms with E-state index in [2.05, 4.69) is 10.6 Å². The first kappa shape index (κ1) is 17.6. The van der Waals surface area contributed by atoms with E-state index in [1.807, 2.05) is 4.90 Å². The normalized spacial score (nSPS) is 22.7. The minimum Gasteiger partial charge on any atom is -0.496 e. The van der Waals surface area contributed by atoms with Gasteiger partial charge < -0.3 is 20.3 Å². The summed E-state index contributed by atoms with van der Waals surface area (Å²) in [5.74, 6) is 1.95. The first-order chi connectivity index (χ1) is 12.1. The molecule has 3 amide bonds. The lowest BCUT2D eigenvalue weighted by Crippen LogP contribution is -2.44. The molecule has 136 valence electrons. The second-order valence-corrected chi connectivity index (χ2v) is 6.96. The van der Waals surface area contributed by atoms with Crippen molar-refractivity contribution in [3.63, 3.8) is 0 Å². The van der Waals surface area contributed by atoms with E-state index in [1.54, 1.807) is 32.4 Å². The summed E-state index contributed by atoms with van der Waals surface area (Å²) in [6.07, 6.45) is 6.28. The van der Waals surface area contributed by atoms with Gasteiger partial charge in [-0.1, -0.05) is 19.3 Å². The second kappa shape index (κ2) is 7.76. The van der Waals surface area contributed by atoms with Crippen molar-refractivity contribution in [2.24, 2.45) is 11.8 Å². The van der Waals surface area contributed by atoms with E-state index in [-0.39, 0.29) is 11.9 Å². The number of nitrogens with one attached hydrogen (secondary N) is 2. The zero-order chi connectivity index (χ0) is 17.8. The summed E-state index contributed by atoms with van der Waals surface area (Å²) in [7, 11) is 3.10.